The number of carboxylic acid groups (broad SMARTS) is 1. The predicted octanol–water partition coefficient (Wildman–Crippen LogP) is -0.435. The molecule has 1 aliphatic carbocycles. The maximum atomic E-state index is 11.4. The van der Waals surface area contributed by atoms with Crippen LogP contribution in [-0.2, 0) is 9.59 Å². The van der Waals surface area contributed by atoms with E-state index in [0.717, 1.165) is 25.7 Å². The Bertz CT molecular complexity index is 334. The molecule has 0 aromatic carbocycles. The van der Waals surface area contributed by atoms with E-state index in [2.05, 4.69) is 5.32 Å². The third-order valence-corrected chi connectivity index (χ3v) is 3.87. The Morgan fingerprint density at radius 3 is 2.72 bits per heavy atom. The third kappa shape index (κ3) is 2.81. The number of aliphatic hydroxyl groups is 1. The second-order valence-corrected chi connectivity index (χ2v) is 5.10. The Kier molecular flexibility index (Phi) is 4.19. The molecule has 0 bridgehead atoms. The average Bonchev–Trinajstić information content (AvgIpc) is 2.53. The van der Waals surface area contributed by atoms with Crippen LogP contribution < -0.4 is 5.32 Å². The van der Waals surface area contributed by atoms with Gasteiger partial charge in [-0.3, -0.25) is 14.5 Å². The first-order valence-electron chi connectivity index (χ1n) is 6.53. The van der Waals surface area contributed by atoms with Gasteiger partial charge >= 0.3 is 5.97 Å². The molecule has 0 aromatic rings. The Morgan fingerprint density at radius 1 is 1.28 bits per heavy atom. The van der Waals surface area contributed by atoms with Gasteiger partial charge in [0.25, 0.3) is 0 Å². The maximum absolute atomic E-state index is 11.4. The van der Waals surface area contributed by atoms with Gasteiger partial charge in [-0.05, 0) is 12.8 Å². The molecule has 2 fully saturated rings. The molecule has 102 valence electrons. The summed E-state index contributed by atoms with van der Waals surface area (Å²) in [4.78, 5) is 24.3. The number of nitrogens with one attached hydrogen (secondary N) is 1. The molecule has 0 spiro atoms. The Hall–Kier alpha value is -1.14. The van der Waals surface area contributed by atoms with Gasteiger partial charge < -0.3 is 15.5 Å². The zero-order chi connectivity index (χ0) is 13.1. The molecular weight excluding hydrogens is 236 g/mol. The minimum atomic E-state index is -0.938. The van der Waals surface area contributed by atoms with E-state index in [-0.39, 0.29) is 25.0 Å². The Morgan fingerprint density at radius 2 is 2.00 bits per heavy atom. The van der Waals surface area contributed by atoms with Crippen LogP contribution in [-0.4, -0.2) is 58.3 Å². The number of aliphatic carboxylic acids is 1. The molecule has 3 atom stereocenters. The zero-order valence-electron chi connectivity index (χ0n) is 10.3. The van der Waals surface area contributed by atoms with Gasteiger partial charge in [0.1, 0.15) is 6.04 Å². The average molecular weight is 256 g/mol. The van der Waals surface area contributed by atoms with E-state index in [1.54, 1.807) is 4.90 Å². The van der Waals surface area contributed by atoms with E-state index in [1.807, 2.05) is 0 Å². The lowest BCUT2D eigenvalue weighted by Crippen LogP contribution is -2.62. The minimum Gasteiger partial charge on any atom is -0.480 e. The highest BCUT2D eigenvalue weighted by atomic mass is 16.4. The molecule has 2 aliphatic rings. The molecule has 0 radical (unpaired) electrons. The van der Waals surface area contributed by atoms with Crippen LogP contribution in [0.2, 0.25) is 0 Å². The quantitative estimate of drug-likeness (QED) is 0.583. The van der Waals surface area contributed by atoms with Crippen LogP contribution in [0.15, 0.2) is 0 Å². The van der Waals surface area contributed by atoms with Crippen molar-refractivity contribution < 1.29 is 19.8 Å². The molecule has 18 heavy (non-hydrogen) atoms. The highest BCUT2D eigenvalue weighted by Crippen LogP contribution is 2.24. The molecule has 3 unspecified atom stereocenters. The smallest absolute Gasteiger partial charge is 0.322 e. The first-order chi connectivity index (χ1) is 8.59. The Balaban J connectivity index is 2.14. The van der Waals surface area contributed by atoms with Gasteiger partial charge in [0.15, 0.2) is 0 Å². The molecule has 1 amide bonds. The number of rotatable bonds is 2. The van der Waals surface area contributed by atoms with E-state index >= 15 is 0 Å². The number of hydrogen-bond donors (Lipinski definition) is 3. The molecule has 1 aliphatic heterocycles. The topological polar surface area (TPSA) is 89.9 Å². The Labute approximate surface area is 106 Å². The summed E-state index contributed by atoms with van der Waals surface area (Å²) in [7, 11) is 0. The predicted molar refractivity (Wildman–Crippen MR) is 64.0 cm³/mol. The van der Waals surface area contributed by atoms with Crippen LogP contribution in [0.4, 0.5) is 0 Å². The normalized spacial score (nSPS) is 34.7. The largest absolute Gasteiger partial charge is 0.480 e. The van der Waals surface area contributed by atoms with Crippen molar-refractivity contribution in [3.05, 3.63) is 0 Å². The number of piperazine rings is 1. The number of aliphatic hydroxyl groups excluding tert-OH is 1. The molecule has 1 saturated heterocycles. The summed E-state index contributed by atoms with van der Waals surface area (Å²) < 4.78 is 0. The van der Waals surface area contributed by atoms with Crippen molar-refractivity contribution in [3.63, 3.8) is 0 Å². The van der Waals surface area contributed by atoms with E-state index in [1.165, 1.54) is 0 Å². The molecule has 1 saturated carbocycles. The summed E-state index contributed by atoms with van der Waals surface area (Å²) in [5, 5.41) is 21.9. The van der Waals surface area contributed by atoms with E-state index in [4.69, 9.17) is 0 Å². The fraction of sp³-hybridized carbons (Fsp3) is 0.833. The van der Waals surface area contributed by atoms with Gasteiger partial charge in [-0.25, -0.2) is 0 Å². The first-order valence-corrected chi connectivity index (χ1v) is 6.53. The molecule has 3 N–H and O–H groups in total. The second-order valence-electron chi connectivity index (χ2n) is 5.10. The number of amides is 1. The van der Waals surface area contributed by atoms with Crippen molar-refractivity contribution in [2.75, 3.05) is 13.1 Å². The second kappa shape index (κ2) is 5.67. The van der Waals surface area contributed by atoms with Crippen molar-refractivity contribution in [2.24, 2.45) is 0 Å². The van der Waals surface area contributed by atoms with Crippen molar-refractivity contribution >= 4 is 11.9 Å². The van der Waals surface area contributed by atoms with Crippen LogP contribution >= 0.6 is 0 Å². The molecule has 6 heteroatoms. The number of carbonyl (C=O) groups is 2. The molecule has 0 aromatic heterocycles. The SMILES string of the molecule is O=C1CN(C2CCCCCC2O)C(C(=O)O)CN1. The highest BCUT2D eigenvalue weighted by molar-refractivity contribution is 5.83. The summed E-state index contributed by atoms with van der Waals surface area (Å²) in [6.45, 7) is 0.191. The van der Waals surface area contributed by atoms with Crippen molar-refractivity contribution in [2.45, 2.75) is 50.3 Å². The van der Waals surface area contributed by atoms with E-state index in [0.29, 0.717) is 6.42 Å². The highest BCUT2D eigenvalue weighted by Gasteiger charge is 2.39. The summed E-state index contributed by atoms with van der Waals surface area (Å²) in [6, 6.07) is -0.930. The fourth-order valence-corrected chi connectivity index (χ4v) is 2.89. The molecule has 1 heterocycles. The van der Waals surface area contributed by atoms with Crippen LogP contribution in [0.1, 0.15) is 32.1 Å². The minimum absolute atomic E-state index is 0.0681. The number of carboxylic acids is 1. The summed E-state index contributed by atoms with van der Waals surface area (Å²) in [5.74, 6) is -1.10. The molecule has 2 rings (SSSR count). The van der Waals surface area contributed by atoms with Gasteiger partial charge in [0.2, 0.25) is 5.91 Å². The lowest BCUT2D eigenvalue weighted by Gasteiger charge is -2.40. The van der Waals surface area contributed by atoms with Crippen LogP contribution in [0.5, 0.6) is 0 Å². The number of hydrogen-bond acceptors (Lipinski definition) is 4. The molecule has 6 nitrogen and oxygen atoms in total. The van der Waals surface area contributed by atoms with Crippen LogP contribution in [0.25, 0.3) is 0 Å². The van der Waals surface area contributed by atoms with Crippen LogP contribution in [0, 0.1) is 0 Å². The van der Waals surface area contributed by atoms with E-state index < -0.39 is 18.1 Å². The van der Waals surface area contributed by atoms with Gasteiger partial charge in [-0.15, -0.1) is 0 Å². The van der Waals surface area contributed by atoms with Gasteiger partial charge in [-0.2, -0.15) is 0 Å². The number of carbonyl (C=O) groups excluding carboxylic acids is 1. The third-order valence-electron chi connectivity index (χ3n) is 3.87. The summed E-state index contributed by atoms with van der Waals surface area (Å²) in [6.07, 6.45) is 3.93. The first kappa shape index (κ1) is 13.3. The number of nitrogens with zero attached hydrogens (tertiary/aromatic N) is 1. The van der Waals surface area contributed by atoms with Gasteiger partial charge in [0.05, 0.1) is 12.6 Å². The van der Waals surface area contributed by atoms with Crippen molar-refractivity contribution in [3.8, 4) is 0 Å². The maximum Gasteiger partial charge on any atom is 0.322 e. The van der Waals surface area contributed by atoms with E-state index in [9.17, 15) is 19.8 Å². The monoisotopic (exact) mass is 256 g/mol. The summed E-state index contributed by atoms with van der Waals surface area (Å²) >= 11 is 0. The van der Waals surface area contributed by atoms with Gasteiger partial charge in [0, 0.05) is 12.6 Å². The summed E-state index contributed by atoms with van der Waals surface area (Å²) in [5.41, 5.74) is 0. The zero-order valence-corrected chi connectivity index (χ0v) is 10.3. The van der Waals surface area contributed by atoms with Crippen molar-refractivity contribution in [1.29, 1.82) is 0 Å². The van der Waals surface area contributed by atoms with Gasteiger partial charge in [-0.1, -0.05) is 19.3 Å². The fourth-order valence-electron chi connectivity index (χ4n) is 2.89. The lowest BCUT2D eigenvalue weighted by molar-refractivity contribution is -0.149. The lowest BCUT2D eigenvalue weighted by atomic mass is 10.0. The van der Waals surface area contributed by atoms with Crippen LogP contribution in [0.3, 0.4) is 0 Å². The molecular formula is C12H20N2O4. The standard InChI is InChI=1S/C12H20N2O4/c15-10-5-3-1-2-4-8(10)14-7-11(16)13-6-9(14)12(17)18/h8-10,15H,1-7H2,(H,13,16)(H,17,18). The van der Waals surface area contributed by atoms with Crippen molar-refractivity contribution in [1.82, 2.24) is 10.2 Å².